The zero-order valence-corrected chi connectivity index (χ0v) is 13.3. The highest BCUT2D eigenvalue weighted by Gasteiger charge is 2.27. The Balaban J connectivity index is 1.67. The topological polar surface area (TPSA) is 46.1 Å². The fourth-order valence-electron chi connectivity index (χ4n) is 2.89. The maximum absolute atomic E-state index is 12.5. The number of aromatic nitrogens is 2. The van der Waals surface area contributed by atoms with E-state index < -0.39 is 0 Å². The number of hydrogen-bond acceptors (Lipinski definition) is 3. The molecule has 0 saturated carbocycles. The van der Waals surface area contributed by atoms with Crippen LogP contribution in [0.1, 0.15) is 36.1 Å². The number of nitrogens with zero attached hydrogens (tertiary/aromatic N) is 3. The number of fused-ring (bicyclic) bond motifs is 1. The molecule has 0 fully saturated rings. The van der Waals surface area contributed by atoms with Gasteiger partial charge in [-0.1, -0.05) is 48.9 Å². The second kappa shape index (κ2) is 6.44. The zero-order valence-electron chi connectivity index (χ0n) is 12.5. The molecule has 0 aliphatic carbocycles. The molecule has 1 aromatic heterocycles. The molecule has 3 rings (SSSR count). The van der Waals surface area contributed by atoms with Crippen molar-refractivity contribution in [2.24, 2.45) is 0 Å². The zero-order chi connectivity index (χ0) is 15.5. The molecule has 0 radical (unpaired) electrons. The molecule has 0 spiro atoms. The normalized spacial score (nSPS) is 17.2. The number of benzene rings is 1. The van der Waals surface area contributed by atoms with Gasteiger partial charge >= 0.3 is 0 Å². The van der Waals surface area contributed by atoms with Gasteiger partial charge in [0.1, 0.15) is 0 Å². The molecule has 0 N–H and O–H groups in total. The van der Waals surface area contributed by atoms with Crippen LogP contribution in [0.2, 0.25) is 5.15 Å². The average Bonchev–Trinajstić information content (AvgIpc) is 2.53. The molecular weight excluding hydrogens is 298 g/mol. The Morgan fingerprint density at radius 3 is 2.86 bits per heavy atom. The van der Waals surface area contributed by atoms with Gasteiger partial charge in [-0.25, -0.2) is 0 Å². The Labute approximate surface area is 135 Å². The van der Waals surface area contributed by atoms with Gasteiger partial charge in [-0.05, 0) is 23.6 Å². The summed E-state index contributed by atoms with van der Waals surface area (Å²) in [6.07, 6.45) is 1.30. The lowest BCUT2D eigenvalue weighted by Gasteiger charge is -2.32. The van der Waals surface area contributed by atoms with E-state index in [1.165, 1.54) is 5.56 Å². The first-order valence-corrected chi connectivity index (χ1v) is 7.85. The summed E-state index contributed by atoms with van der Waals surface area (Å²) >= 11 is 5.92. The van der Waals surface area contributed by atoms with Crippen molar-refractivity contribution in [3.63, 3.8) is 0 Å². The van der Waals surface area contributed by atoms with Crippen LogP contribution in [0.4, 0.5) is 0 Å². The van der Waals surface area contributed by atoms with Crippen molar-refractivity contribution >= 4 is 17.5 Å². The van der Waals surface area contributed by atoms with E-state index in [-0.39, 0.29) is 11.8 Å². The van der Waals surface area contributed by atoms with E-state index in [0.717, 1.165) is 17.7 Å². The van der Waals surface area contributed by atoms with Gasteiger partial charge in [-0.15, -0.1) is 5.10 Å². The Morgan fingerprint density at radius 1 is 1.32 bits per heavy atom. The van der Waals surface area contributed by atoms with Crippen LogP contribution in [0.15, 0.2) is 36.4 Å². The van der Waals surface area contributed by atoms with Gasteiger partial charge in [-0.3, -0.25) is 4.79 Å². The van der Waals surface area contributed by atoms with Crippen LogP contribution in [-0.4, -0.2) is 27.5 Å². The standard InChI is InChI=1S/C17H18ClN3O/c1-12-10-21(11-14-9-15(18)19-20-17(12)14)16(22)8-7-13-5-3-2-4-6-13/h2-6,9,12H,7-8,10-11H2,1H3. The predicted octanol–water partition coefficient (Wildman–Crippen LogP) is 3.21. The van der Waals surface area contributed by atoms with Crippen molar-refractivity contribution in [1.29, 1.82) is 0 Å². The molecule has 1 aromatic carbocycles. The van der Waals surface area contributed by atoms with Gasteiger partial charge < -0.3 is 4.90 Å². The maximum atomic E-state index is 12.5. The van der Waals surface area contributed by atoms with Gasteiger partial charge in [0.25, 0.3) is 0 Å². The lowest BCUT2D eigenvalue weighted by Crippen LogP contribution is -2.38. The molecule has 2 heterocycles. The predicted molar refractivity (Wildman–Crippen MR) is 85.6 cm³/mol. The smallest absolute Gasteiger partial charge is 0.223 e. The van der Waals surface area contributed by atoms with Crippen LogP contribution in [0.5, 0.6) is 0 Å². The summed E-state index contributed by atoms with van der Waals surface area (Å²) in [6.45, 7) is 3.33. The van der Waals surface area contributed by atoms with E-state index in [1.54, 1.807) is 0 Å². The van der Waals surface area contributed by atoms with Gasteiger partial charge in [0.15, 0.2) is 5.15 Å². The van der Waals surface area contributed by atoms with Crippen LogP contribution in [-0.2, 0) is 17.8 Å². The number of amides is 1. The van der Waals surface area contributed by atoms with Crippen molar-refractivity contribution < 1.29 is 4.79 Å². The molecule has 5 heteroatoms. The lowest BCUT2D eigenvalue weighted by molar-refractivity contribution is -0.132. The summed E-state index contributed by atoms with van der Waals surface area (Å²) in [5.74, 6) is 0.364. The molecule has 22 heavy (non-hydrogen) atoms. The quantitative estimate of drug-likeness (QED) is 0.873. The molecule has 1 amide bonds. The van der Waals surface area contributed by atoms with Crippen LogP contribution >= 0.6 is 11.6 Å². The molecular formula is C17H18ClN3O. The molecule has 2 aromatic rings. The van der Waals surface area contributed by atoms with Crippen LogP contribution in [0.25, 0.3) is 0 Å². The van der Waals surface area contributed by atoms with Crippen molar-refractivity contribution in [3.8, 4) is 0 Å². The number of halogens is 1. The minimum atomic E-state index is 0.175. The molecule has 0 bridgehead atoms. The van der Waals surface area contributed by atoms with Crippen LogP contribution in [0.3, 0.4) is 0 Å². The van der Waals surface area contributed by atoms with Crippen molar-refractivity contribution in [3.05, 3.63) is 58.4 Å². The summed E-state index contributed by atoms with van der Waals surface area (Å²) in [4.78, 5) is 14.4. The summed E-state index contributed by atoms with van der Waals surface area (Å²) < 4.78 is 0. The second-order valence-corrected chi connectivity index (χ2v) is 6.13. The highest BCUT2D eigenvalue weighted by Crippen LogP contribution is 2.27. The number of hydrogen-bond donors (Lipinski definition) is 0. The minimum absolute atomic E-state index is 0.175. The van der Waals surface area contributed by atoms with Crippen LogP contribution < -0.4 is 0 Å². The number of rotatable bonds is 3. The van der Waals surface area contributed by atoms with Gasteiger partial charge in [0, 0.05) is 25.4 Å². The molecule has 0 saturated heterocycles. The molecule has 4 nitrogen and oxygen atoms in total. The molecule has 1 aliphatic rings. The monoisotopic (exact) mass is 315 g/mol. The van der Waals surface area contributed by atoms with Crippen molar-refractivity contribution in [1.82, 2.24) is 15.1 Å². The maximum Gasteiger partial charge on any atom is 0.223 e. The first-order chi connectivity index (χ1) is 10.6. The Kier molecular flexibility index (Phi) is 4.39. The summed E-state index contributed by atoms with van der Waals surface area (Å²) in [5, 5.41) is 8.45. The third kappa shape index (κ3) is 3.28. The largest absolute Gasteiger partial charge is 0.338 e. The highest BCUT2D eigenvalue weighted by molar-refractivity contribution is 6.29. The summed E-state index contributed by atoms with van der Waals surface area (Å²) in [6, 6.07) is 11.9. The van der Waals surface area contributed by atoms with Crippen molar-refractivity contribution in [2.45, 2.75) is 32.2 Å². The molecule has 1 atom stereocenters. The second-order valence-electron chi connectivity index (χ2n) is 5.74. The number of carbonyl (C=O) groups is 1. The summed E-state index contributed by atoms with van der Waals surface area (Å²) in [7, 11) is 0. The third-order valence-electron chi connectivity index (χ3n) is 4.02. The van der Waals surface area contributed by atoms with E-state index >= 15 is 0 Å². The third-order valence-corrected chi connectivity index (χ3v) is 4.21. The SMILES string of the molecule is CC1CN(C(=O)CCc2ccccc2)Cc2cc(Cl)nnc21. The van der Waals surface area contributed by atoms with E-state index in [0.29, 0.717) is 24.7 Å². The average molecular weight is 316 g/mol. The highest BCUT2D eigenvalue weighted by atomic mass is 35.5. The van der Waals surface area contributed by atoms with E-state index in [2.05, 4.69) is 29.3 Å². The number of aryl methyl sites for hydroxylation is 1. The fourth-order valence-corrected chi connectivity index (χ4v) is 3.05. The van der Waals surface area contributed by atoms with Gasteiger partial charge in [0.2, 0.25) is 5.91 Å². The van der Waals surface area contributed by atoms with Crippen LogP contribution in [0, 0.1) is 0 Å². The van der Waals surface area contributed by atoms with E-state index in [9.17, 15) is 4.79 Å². The molecule has 1 aliphatic heterocycles. The Hall–Kier alpha value is -1.94. The van der Waals surface area contributed by atoms with E-state index in [1.807, 2.05) is 29.2 Å². The van der Waals surface area contributed by atoms with Gasteiger partial charge in [0.05, 0.1) is 5.69 Å². The molecule has 1 unspecified atom stereocenters. The lowest BCUT2D eigenvalue weighted by atomic mass is 9.96. The summed E-state index contributed by atoms with van der Waals surface area (Å²) in [5.41, 5.74) is 3.15. The first kappa shape index (κ1) is 15.0. The Bertz CT molecular complexity index is 675. The number of carbonyl (C=O) groups excluding carboxylic acids is 1. The molecule has 114 valence electrons. The Morgan fingerprint density at radius 2 is 2.09 bits per heavy atom. The van der Waals surface area contributed by atoms with Gasteiger partial charge in [-0.2, -0.15) is 5.10 Å². The first-order valence-electron chi connectivity index (χ1n) is 7.47. The fraction of sp³-hybridized carbons (Fsp3) is 0.353. The van der Waals surface area contributed by atoms with Crippen molar-refractivity contribution in [2.75, 3.05) is 6.54 Å². The van der Waals surface area contributed by atoms with E-state index in [4.69, 9.17) is 11.6 Å². The minimum Gasteiger partial charge on any atom is -0.338 e.